The van der Waals surface area contributed by atoms with E-state index in [1.807, 2.05) is 4.68 Å². The summed E-state index contributed by atoms with van der Waals surface area (Å²) in [6.07, 6.45) is 1.53. The number of hydrogen-bond acceptors (Lipinski definition) is 3. The molecule has 0 unspecified atom stereocenters. The summed E-state index contributed by atoms with van der Waals surface area (Å²) in [7, 11) is 0. The van der Waals surface area contributed by atoms with E-state index in [1.54, 1.807) is 0 Å². The molecule has 0 spiro atoms. The van der Waals surface area contributed by atoms with Crippen LogP contribution in [-0.2, 0) is 13.1 Å². The third-order valence-electron chi connectivity index (χ3n) is 2.01. The highest BCUT2D eigenvalue weighted by Crippen LogP contribution is 2.09. The van der Waals surface area contributed by atoms with Gasteiger partial charge in [-0.2, -0.15) is 5.10 Å². The Hall–Kier alpha value is -1.07. The van der Waals surface area contributed by atoms with Crippen molar-refractivity contribution in [1.82, 2.24) is 15.1 Å². The van der Waals surface area contributed by atoms with Gasteiger partial charge in [0.15, 0.2) is 0 Å². The van der Waals surface area contributed by atoms with E-state index in [0.717, 1.165) is 18.8 Å². The molecular weight excluding hydrogens is 192 g/mol. The maximum absolute atomic E-state index is 10.9. The average molecular weight is 203 g/mol. The summed E-state index contributed by atoms with van der Waals surface area (Å²) in [5.74, 6) is -0.403. The lowest BCUT2D eigenvalue weighted by Crippen LogP contribution is -2.30. The predicted molar refractivity (Wildman–Crippen MR) is 49.7 cm³/mol. The number of rotatable bonds is 1. The average Bonchev–Trinajstić information content (AvgIpc) is 2.47. The predicted octanol–water partition coefficient (Wildman–Crippen LogP) is -0.493. The van der Waals surface area contributed by atoms with Crippen molar-refractivity contribution < 1.29 is 4.79 Å². The Morgan fingerprint density at radius 3 is 3.15 bits per heavy atom. The normalized spacial score (nSPS) is 14.5. The standard InChI is InChI=1S/C7H10N4O.ClH/c8-7(12)5-3-10-11-2-1-9-4-6(5)11;/h3,9H,1-2,4H2,(H2,8,12);1H. The molecular formula is C7H11ClN4O. The molecule has 1 amide bonds. The van der Waals surface area contributed by atoms with E-state index in [9.17, 15) is 4.79 Å². The van der Waals surface area contributed by atoms with Crippen LogP contribution in [-0.4, -0.2) is 22.2 Å². The topological polar surface area (TPSA) is 72.9 Å². The fraction of sp³-hybridized carbons (Fsp3) is 0.429. The van der Waals surface area contributed by atoms with E-state index >= 15 is 0 Å². The van der Waals surface area contributed by atoms with Gasteiger partial charge < -0.3 is 11.1 Å². The van der Waals surface area contributed by atoms with Crippen LogP contribution in [0.15, 0.2) is 6.20 Å². The van der Waals surface area contributed by atoms with Crippen LogP contribution in [0.4, 0.5) is 0 Å². The van der Waals surface area contributed by atoms with Crippen LogP contribution in [0.5, 0.6) is 0 Å². The van der Waals surface area contributed by atoms with Gasteiger partial charge in [0.25, 0.3) is 5.91 Å². The second kappa shape index (κ2) is 3.76. The molecule has 5 nitrogen and oxygen atoms in total. The number of primary amides is 1. The second-order valence-electron chi connectivity index (χ2n) is 2.77. The Morgan fingerprint density at radius 2 is 2.46 bits per heavy atom. The van der Waals surface area contributed by atoms with Crippen LogP contribution < -0.4 is 11.1 Å². The number of hydrogen-bond donors (Lipinski definition) is 2. The Bertz CT molecular complexity index is 322. The number of nitrogens with two attached hydrogens (primary N) is 1. The monoisotopic (exact) mass is 202 g/mol. The Labute approximate surface area is 81.7 Å². The van der Waals surface area contributed by atoms with Gasteiger partial charge in [-0.15, -0.1) is 12.4 Å². The second-order valence-corrected chi connectivity index (χ2v) is 2.77. The molecule has 13 heavy (non-hydrogen) atoms. The minimum Gasteiger partial charge on any atom is -0.365 e. The van der Waals surface area contributed by atoms with E-state index in [-0.39, 0.29) is 12.4 Å². The van der Waals surface area contributed by atoms with Crippen molar-refractivity contribution in [3.8, 4) is 0 Å². The smallest absolute Gasteiger partial charge is 0.252 e. The molecule has 0 fully saturated rings. The molecule has 3 N–H and O–H groups in total. The van der Waals surface area contributed by atoms with Crippen molar-refractivity contribution in [1.29, 1.82) is 0 Å². The number of carbonyl (C=O) groups excluding carboxylic acids is 1. The number of amides is 1. The number of fused-ring (bicyclic) bond motifs is 1. The largest absolute Gasteiger partial charge is 0.365 e. The van der Waals surface area contributed by atoms with Crippen molar-refractivity contribution in [2.24, 2.45) is 5.73 Å². The summed E-state index contributed by atoms with van der Waals surface area (Å²) in [6.45, 7) is 2.38. The van der Waals surface area contributed by atoms with Gasteiger partial charge in [0.2, 0.25) is 0 Å². The molecule has 0 saturated heterocycles. The number of nitrogens with one attached hydrogen (secondary N) is 1. The van der Waals surface area contributed by atoms with Gasteiger partial charge in [-0.25, -0.2) is 0 Å². The number of aromatic nitrogens is 2. The lowest BCUT2D eigenvalue weighted by Gasteiger charge is -2.15. The number of nitrogens with zero attached hydrogens (tertiary/aromatic N) is 2. The lowest BCUT2D eigenvalue weighted by atomic mass is 10.2. The van der Waals surface area contributed by atoms with E-state index < -0.39 is 5.91 Å². The maximum atomic E-state index is 10.9. The Kier molecular flexibility index (Phi) is 2.90. The SMILES string of the molecule is Cl.NC(=O)c1cnn2c1CNCC2. The molecule has 1 aromatic heterocycles. The maximum Gasteiger partial charge on any atom is 0.252 e. The summed E-state index contributed by atoms with van der Waals surface area (Å²) in [5, 5.41) is 7.21. The van der Waals surface area contributed by atoms with E-state index in [1.165, 1.54) is 6.20 Å². The summed E-state index contributed by atoms with van der Waals surface area (Å²) in [6, 6.07) is 0. The van der Waals surface area contributed by atoms with E-state index in [4.69, 9.17) is 5.73 Å². The summed E-state index contributed by atoms with van der Waals surface area (Å²) >= 11 is 0. The van der Waals surface area contributed by atoms with Gasteiger partial charge in [-0.05, 0) is 0 Å². The highest BCUT2D eigenvalue weighted by atomic mass is 35.5. The van der Waals surface area contributed by atoms with Gasteiger partial charge in [-0.3, -0.25) is 9.48 Å². The van der Waals surface area contributed by atoms with E-state index in [2.05, 4.69) is 10.4 Å². The van der Waals surface area contributed by atoms with Crippen LogP contribution in [0.25, 0.3) is 0 Å². The molecule has 0 aliphatic carbocycles. The van der Waals surface area contributed by atoms with Crippen molar-refractivity contribution in [2.45, 2.75) is 13.1 Å². The Morgan fingerprint density at radius 1 is 1.69 bits per heavy atom. The molecule has 0 atom stereocenters. The van der Waals surface area contributed by atoms with Crippen molar-refractivity contribution in [3.05, 3.63) is 17.5 Å². The Balaban J connectivity index is 0.000000845. The molecule has 6 heteroatoms. The van der Waals surface area contributed by atoms with Crippen LogP contribution in [0.2, 0.25) is 0 Å². The van der Waals surface area contributed by atoms with Crippen molar-refractivity contribution in [3.63, 3.8) is 0 Å². The number of carbonyl (C=O) groups is 1. The molecule has 72 valence electrons. The third-order valence-corrected chi connectivity index (χ3v) is 2.01. The summed E-state index contributed by atoms with van der Waals surface area (Å²) in [5.41, 5.74) is 6.59. The lowest BCUT2D eigenvalue weighted by molar-refractivity contribution is 0.0999. The fourth-order valence-corrected chi connectivity index (χ4v) is 1.39. The highest BCUT2D eigenvalue weighted by Gasteiger charge is 2.16. The minimum atomic E-state index is -0.403. The zero-order chi connectivity index (χ0) is 8.55. The molecule has 0 bridgehead atoms. The van der Waals surface area contributed by atoms with Crippen LogP contribution >= 0.6 is 12.4 Å². The third kappa shape index (κ3) is 1.66. The highest BCUT2D eigenvalue weighted by molar-refractivity contribution is 5.93. The van der Waals surface area contributed by atoms with Gasteiger partial charge in [0.1, 0.15) is 0 Å². The molecule has 1 aliphatic heterocycles. The van der Waals surface area contributed by atoms with Crippen molar-refractivity contribution >= 4 is 18.3 Å². The van der Waals surface area contributed by atoms with Gasteiger partial charge in [-0.1, -0.05) is 0 Å². The van der Waals surface area contributed by atoms with Gasteiger partial charge in [0.05, 0.1) is 24.0 Å². The van der Waals surface area contributed by atoms with E-state index in [0.29, 0.717) is 12.1 Å². The molecule has 0 aromatic carbocycles. The quantitative estimate of drug-likeness (QED) is 0.646. The fourth-order valence-electron chi connectivity index (χ4n) is 1.39. The van der Waals surface area contributed by atoms with Crippen LogP contribution in [0.1, 0.15) is 16.1 Å². The zero-order valence-corrected chi connectivity index (χ0v) is 7.80. The summed E-state index contributed by atoms with van der Waals surface area (Å²) < 4.78 is 1.82. The molecule has 2 heterocycles. The first kappa shape index (κ1) is 10.0. The molecule has 0 radical (unpaired) electrons. The molecule has 1 aliphatic rings. The van der Waals surface area contributed by atoms with Gasteiger partial charge in [0, 0.05) is 13.1 Å². The first-order valence-corrected chi connectivity index (χ1v) is 3.84. The van der Waals surface area contributed by atoms with Crippen molar-refractivity contribution in [2.75, 3.05) is 6.54 Å². The molecule has 0 saturated carbocycles. The first-order valence-electron chi connectivity index (χ1n) is 3.84. The molecule has 1 aromatic rings. The zero-order valence-electron chi connectivity index (χ0n) is 6.99. The number of halogens is 1. The molecule has 2 rings (SSSR count). The van der Waals surface area contributed by atoms with Crippen LogP contribution in [0, 0.1) is 0 Å². The minimum absolute atomic E-state index is 0. The van der Waals surface area contributed by atoms with Gasteiger partial charge >= 0.3 is 0 Å². The van der Waals surface area contributed by atoms with Crippen LogP contribution in [0.3, 0.4) is 0 Å². The summed E-state index contributed by atoms with van der Waals surface area (Å²) in [4.78, 5) is 10.9. The first-order chi connectivity index (χ1) is 5.79.